The van der Waals surface area contributed by atoms with Crippen molar-refractivity contribution in [2.75, 3.05) is 0 Å². The molecule has 0 saturated carbocycles. The molecule has 3 heteroatoms. The second-order valence-electron chi connectivity index (χ2n) is 1.74. The van der Waals surface area contributed by atoms with Gasteiger partial charge >= 0.3 is 62.2 Å². The van der Waals surface area contributed by atoms with Crippen LogP contribution in [-0.4, -0.2) is 21.7 Å². The fourth-order valence-electron chi connectivity index (χ4n) is 0.645. The van der Waals surface area contributed by atoms with Crippen LogP contribution in [-0.2, 0) is 4.55 Å². The number of benzene rings is 1. The zero-order valence-electron chi connectivity index (χ0n) is 5.89. The Morgan fingerprint density at radius 2 is 1.60 bits per heavy atom. The average molecular weight is 185 g/mol. The van der Waals surface area contributed by atoms with E-state index in [4.69, 9.17) is 0 Å². The van der Waals surface area contributed by atoms with E-state index < -0.39 is 0 Å². The van der Waals surface area contributed by atoms with E-state index in [1.165, 1.54) is 10.1 Å². The van der Waals surface area contributed by atoms with Gasteiger partial charge in [0.25, 0.3) is 0 Å². The van der Waals surface area contributed by atoms with E-state index >= 15 is 0 Å². The standard InChI is InChI=1S/C7H7.ClH.Mg.H3P/c1-7-5-3-2-4-6-7;;;/h2-6H,1H2;1H;;1H3/q;;+1;/p-1. The minimum atomic E-state index is 0. The van der Waals surface area contributed by atoms with Crippen molar-refractivity contribution in [2.45, 2.75) is 4.55 Å². The van der Waals surface area contributed by atoms with Crippen LogP contribution in [0.1, 0.15) is 5.56 Å². The van der Waals surface area contributed by atoms with Crippen LogP contribution < -0.4 is 12.4 Å². The third-order valence-electron chi connectivity index (χ3n) is 1.13. The number of hydrogen-bond donors (Lipinski definition) is 0. The van der Waals surface area contributed by atoms with Crippen LogP contribution >= 0.6 is 9.90 Å². The van der Waals surface area contributed by atoms with Crippen molar-refractivity contribution in [2.24, 2.45) is 0 Å². The Labute approximate surface area is 84.3 Å². The Bertz CT molecular complexity index is 155. The van der Waals surface area contributed by atoms with Crippen LogP contribution in [0.2, 0.25) is 0 Å². The van der Waals surface area contributed by atoms with Crippen molar-refractivity contribution in [3.63, 3.8) is 0 Å². The quantitative estimate of drug-likeness (QED) is 0.365. The van der Waals surface area contributed by atoms with Crippen molar-refractivity contribution in [3.8, 4) is 0 Å². The topological polar surface area (TPSA) is 0 Å². The Hall–Kier alpha value is 0.706. The summed E-state index contributed by atoms with van der Waals surface area (Å²) in [5.41, 5.74) is 1.42. The molecule has 1 aromatic rings. The van der Waals surface area contributed by atoms with Crippen LogP contribution in [0.15, 0.2) is 30.3 Å². The van der Waals surface area contributed by atoms with E-state index in [-0.39, 0.29) is 22.3 Å². The van der Waals surface area contributed by atoms with Gasteiger partial charge in [-0.2, -0.15) is 9.90 Å². The molecule has 0 aliphatic carbocycles. The van der Waals surface area contributed by atoms with Crippen molar-refractivity contribution < 1.29 is 12.4 Å². The molecule has 0 radical (unpaired) electrons. The second kappa shape index (κ2) is 7.81. The normalized spacial score (nSPS) is 7.40. The first-order valence-corrected chi connectivity index (χ1v) is 3.76. The molecule has 0 aromatic heterocycles. The molecule has 0 spiro atoms. The van der Waals surface area contributed by atoms with Crippen LogP contribution in [0.4, 0.5) is 0 Å². The minimum absolute atomic E-state index is 0. The molecular weight excluding hydrogens is 175 g/mol. The van der Waals surface area contributed by atoms with Gasteiger partial charge in [-0.15, -0.1) is 0 Å². The van der Waals surface area contributed by atoms with E-state index in [0.29, 0.717) is 0 Å². The second-order valence-corrected chi connectivity index (χ2v) is 2.24. The Morgan fingerprint density at radius 3 is 1.90 bits per heavy atom. The molecule has 1 atom stereocenters. The van der Waals surface area contributed by atoms with E-state index in [1.807, 2.05) is 27.8 Å². The molecule has 0 saturated heterocycles. The van der Waals surface area contributed by atoms with Crippen LogP contribution in [0, 0.1) is 0 Å². The Morgan fingerprint density at radius 1 is 1.10 bits per heavy atom. The molecule has 0 bridgehead atoms. The molecule has 10 heavy (non-hydrogen) atoms. The van der Waals surface area contributed by atoms with Gasteiger partial charge in [-0.25, -0.2) is 0 Å². The summed E-state index contributed by atoms with van der Waals surface area (Å²) in [4.78, 5) is 0. The van der Waals surface area contributed by atoms with Crippen LogP contribution in [0.5, 0.6) is 0 Å². The van der Waals surface area contributed by atoms with Crippen molar-refractivity contribution >= 4 is 31.6 Å². The average Bonchev–Trinajstić information content (AvgIpc) is 1.90. The molecule has 1 unspecified atom stereocenters. The molecule has 52 valence electrons. The first-order chi connectivity index (χ1) is 3.93. The zero-order valence-corrected chi connectivity index (χ0v) is 9.47. The van der Waals surface area contributed by atoms with Gasteiger partial charge in [0.2, 0.25) is 0 Å². The fourth-order valence-corrected chi connectivity index (χ4v) is 0.978. The van der Waals surface area contributed by atoms with Gasteiger partial charge in [-0.3, -0.25) is 0 Å². The van der Waals surface area contributed by atoms with Gasteiger partial charge in [0.15, 0.2) is 0 Å². The Balaban J connectivity index is 0. The monoisotopic (exact) mass is 184 g/mol. The van der Waals surface area contributed by atoms with Gasteiger partial charge in [0.1, 0.15) is 0 Å². The molecule has 0 amide bonds. The van der Waals surface area contributed by atoms with Gasteiger partial charge in [-0.05, 0) is 0 Å². The van der Waals surface area contributed by atoms with Gasteiger partial charge < -0.3 is 12.4 Å². The molecule has 1 aromatic carbocycles. The SMILES string of the molecule is P.[Cl-].[Mg+][CH2]c1ccccc1. The van der Waals surface area contributed by atoms with Gasteiger partial charge in [0.05, 0.1) is 0 Å². The summed E-state index contributed by atoms with van der Waals surface area (Å²) < 4.78 is 1.17. The first kappa shape index (κ1) is 13.3. The third kappa shape index (κ3) is 4.51. The molecule has 0 heterocycles. The number of halogens is 1. The molecule has 0 fully saturated rings. The summed E-state index contributed by atoms with van der Waals surface area (Å²) >= 11 is 1.98. The van der Waals surface area contributed by atoms with Crippen LogP contribution in [0.25, 0.3) is 0 Å². The molecule has 0 nitrogen and oxygen atoms in total. The van der Waals surface area contributed by atoms with Crippen molar-refractivity contribution in [1.82, 2.24) is 0 Å². The predicted octanol–water partition coefficient (Wildman–Crippen LogP) is -1.58. The fraction of sp³-hybridized carbons (Fsp3) is 0.143. The Kier molecular flexibility index (Phi) is 10.4. The van der Waals surface area contributed by atoms with Gasteiger partial charge in [-0.1, -0.05) is 0 Å². The molecular formula is C7H10ClMgP. The van der Waals surface area contributed by atoms with E-state index in [2.05, 4.69) is 24.3 Å². The number of rotatable bonds is 1. The zero-order chi connectivity index (χ0) is 5.82. The van der Waals surface area contributed by atoms with E-state index in [1.54, 1.807) is 0 Å². The molecule has 0 aliphatic rings. The molecule has 1 rings (SSSR count). The molecule has 0 aliphatic heterocycles. The summed E-state index contributed by atoms with van der Waals surface area (Å²) in [7, 11) is 0. The summed E-state index contributed by atoms with van der Waals surface area (Å²) in [6, 6.07) is 10.5. The van der Waals surface area contributed by atoms with E-state index in [9.17, 15) is 0 Å². The summed E-state index contributed by atoms with van der Waals surface area (Å²) in [6.07, 6.45) is 0. The molecule has 0 N–H and O–H groups in total. The first-order valence-electron chi connectivity index (χ1n) is 2.76. The summed E-state index contributed by atoms with van der Waals surface area (Å²) in [5.74, 6) is 0. The van der Waals surface area contributed by atoms with Crippen LogP contribution in [0.3, 0.4) is 0 Å². The van der Waals surface area contributed by atoms with E-state index in [0.717, 1.165) is 0 Å². The third-order valence-corrected chi connectivity index (χ3v) is 1.71. The number of hydrogen-bond acceptors (Lipinski definition) is 0. The van der Waals surface area contributed by atoms with Gasteiger partial charge in [0, 0.05) is 0 Å². The van der Waals surface area contributed by atoms with Crippen molar-refractivity contribution in [3.05, 3.63) is 35.9 Å². The van der Waals surface area contributed by atoms with Crippen molar-refractivity contribution in [1.29, 1.82) is 0 Å². The predicted molar refractivity (Wildman–Crippen MR) is 47.0 cm³/mol. The summed E-state index contributed by atoms with van der Waals surface area (Å²) in [5, 5.41) is 0. The summed E-state index contributed by atoms with van der Waals surface area (Å²) in [6.45, 7) is 0. The maximum absolute atomic E-state index is 2.15. The maximum atomic E-state index is 2.15.